The molecule has 65 heavy (non-hydrogen) atoms. The third-order valence-electron chi connectivity index (χ3n) is 12.2. The Morgan fingerprint density at radius 2 is 0.677 bits per heavy atom. The zero-order valence-corrected chi connectivity index (χ0v) is 35.7. The molecule has 11 aromatic carbocycles. The van der Waals surface area contributed by atoms with Crippen LogP contribution in [0.4, 0.5) is 17.1 Å². The van der Waals surface area contributed by atoms with Gasteiger partial charge in [-0.15, -0.1) is 0 Å². The van der Waals surface area contributed by atoms with Crippen LogP contribution in [0.3, 0.4) is 0 Å². The van der Waals surface area contributed by atoms with Gasteiger partial charge in [0.1, 0.15) is 0 Å². The van der Waals surface area contributed by atoms with E-state index in [9.17, 15) is 4.11 Å². The second kappa shape index (κ2) is 17.7. The van der Waals surface area contributed by atoms with Crippen molar-refractivity contribution in [3.63, 3.8) is 0 Å². The average molecular weight is 831 g/mol. The molecule has 0 unspecified atom stereocenters. The first-order valence-electron chi connectivity index (χ1n) is 23.6. The lowest BCUT2D eigenvalue weighted by atomic mass is 9.89. The zero-order valence-electron chi connectivity index (χ0n) is 38.7. The summed E-state index contributed by atoms with van der Waals surface area (Å²) in [5.41, 5.74) is 15.8. The van der Waals surface area contributed by atoms with Crippen molar-refractivity contribution in [1.29, 1.82) is 0 Å². The van der Waals surface area contributed by atoms with Crippen molar-refractivity contribution in [2.24, 2.45) is 0 Å². The molecular formula is C64H45N. The minimum Gasteiger partial charge on any atom is -0.310 e. The monoisotopic (exact) mass is 830 g/mol. The first-order valence-corrected chi connectivity index (χ1v) is 22.1. The number of nitrogens with zero attached hydrogens (tertiary/aromatic N) is 1. The zero-order chi connectivity index (χ0) is 46.0. The Morgan fingerprint density at radius 3 is 1.20 bits per heavy atom. The average Bonchev–Trinajstić information content (AvgIpc) is 3.41. The molecule has 1 nitrogen and oxygen atoms in total. The van der Waals surface area contributed by atoms with Gasteiger partial charge < -0.3 is 4.90 Å². The lowest BCUT2D eigenvalue weighted by Crippen LogP contribution is -2.11. The molecule has 0 radical (unpaired) electrons. The molecule has 0 bridgehead atoms. The summed E-state index contributed by atoms with van der Waals surface area (Å²) in [5.74, 6) is 0. The Labute approximate surface area is 386 Å². The summed E-state index contributed by atoms with van der Waals surface area (Å²) in [6.45, 7) is 0. The smallest absolute Gasteiger partial charge is 0.0645 e. The van der Waals surface area contributed by atoms with Crippen LogP contribution in [0.1, 0.15) is 4.11 Å². The summed E-state index contributed by atoms with van der Waals surface area (Å²) in [6.07, 6.45) is 0. The molecule has 0 heterocycles. The summed E-state index contributed by atoms with van der Waals surface area (Å²) in [5, 5.41) is 2.36. The van der Waals surface area contributed by atoms with Gasteiger partial charge in [-0.3, -0.25) is 0 Å². The number of fused-ring (bicyclic) bond motifs is 1. The van der Waals surface area contributed by atoms with Crippen molar-refractivity contribution in [3.8, 4) is 77.9 Å². The van der Waals surface area contributed by atoms with Crippen molar-refractivity contribution in [1.82, 2.24) is 0 Å². The fourth-order valence-electron chi connectivity index (χ4n) is 8.95. The summed E-state index contributed by atoms with van der Waals surface area (Å²) >= 11 is 0. The van der Waals surface area contributed by atoms with E-state index in [0.717, 1.165) is 72.6 Å². The fourth-order valence-corrected chi connectivity index (χ4v) is 8.95. The van der Waals surface area contributed by atoms with E-state index < -0.39 is 0 Å². The van der Waals surface area contributed by atoms with Gasteiger partial charge in [0.15, 0.2) is 0 Å². The molecule has 0 aliphatic heterocycles. The van der Waals surface area contributed by atoms with Gasteiger partial charge in [-0.25, -0.2) is 0 Å². The quantitative estimate of drug-likeness (QED) is 0.133. The van der Waals surface area contributed by atoms with E-state index in [1.165, 1.54) is 16.3 Å². The molecule has 0 atom stereocenters. The molecule has 11 aromatic rings. The van der Waals surface area contributed by atoms with Crippen LogP contribution in [0.2, 0.25) is 0 Å². The van der Waals surface area contributed by atoms with Gasteiger partial charge in [-0.05, 0) is 138 Å². The maximum Gasteiger partial charge on any atom is 0.0645 e. The second-order valence-electron chi connectivity index (χ2n) is 16.2. The molecule has 0 saturated heterocycles. The van der Waals surface area contributed by atoms with Crippen LogP contribution >= 0.6 is 0 Å². The summed E-state index contributed by atoms with van der Waals surface area (Å²) < 4.78 is 29.5. The summed E-state index contributed by atoms with van der Waals surface area (Å²) in [4.78, 5) is 2.07. The Kier molecular flexibility index (Phi) is 9.80. The van der Waals surface area contributed by atoms with Crippen LogP contribution in [0.25, 0.3) is 88.7 Å². The van der Waals surface area contributed by atoms with Crippen LogP contribution in [0, 0.1) is 0 Å². The molecule has 0 aliphatic carbocycles. The van der Waals surface area contributed by atoms with E-state index >= 15 is 0 Å². The van der Waals surface area contributed by atoms with Crippen LogP contribution in [0.15, 0.2) is 273 Å². The van der Waals surface area contributed by atoms with Crippen LogP contribution in [-0.4, -0.2) is 0 Å². The summed E-state index contributed by atoms with van der Waals surface area (Å²) in [7, 11) is 0. The van der Waals surface area contributed by atoms with Gasteiger partial charge >= 0.3 is 0 Å². The number of benzene rings is 11. The lowest BCUT2D eigenvalue weighted by Gasteiger charge is -2.29. The second-order valence-corrected chi connectivity index (χ2v) is 16.2. The predicted molar refractivity (Wildman–Crippen MR) is 277 cm³/mol. The van der Waals surface area contributed by atoms with Gasteiger partial charge in [-0.1, -0.05) is 218 Å². The van der Waals surface area contributed by atoms with Gasteiger partial charge in [0.25, 0.3) is 0 Å². The van der Waals surface area contributed by atoms with Crippen molar-refractivity contribution < 1.29 is 4.11 Å². The highest BCUT2D eigenvalue weighted by Crippen LogP contribution is 2.45. The predicted octanol–water partition coefficient (Wildman–Crippen LogP) is 18.0. The van der Waals surface area contributed by atoms with E-state index in [1.54, 1.807) is 0 Å². The molecule has 0 aromatic heterocycles. The minimum absolute atomic E-state index is 0.00366. The normalized spacial score (nSPS) is 11.7. The van der Waals surface area contributed by atoms with E-state index in [-0.39, 0.29) is 18.1 Å². The third kappa shape index (κ3) is 8.04. The van der Waals surface area contributed by atoms with E-state index in [2.05, 4.69) is 187 Å². The minimum atomic E-state index is 0.00366. The van der Waals surface area contributed by atoms with Crippen molar-refractivity contribution in [2.75, 3.05) is 4.90 Å². The molecule has 11 rings (SSSR count). The largest absolute Gasteiger partial charge is 0.310 e. The molecule has 0 saturated carbocycles. The molecule has 0 spiro atoms. The fraction of sp³-hybridized carbons (Fsp3) is 0. The molecule has 1 heteroatoms. The third-order valence-corrected chi connectivity index (χ3v) is 12.2. The lowest BCUT2D eigenvalue weighted by molar-refractivity contribution is 1.28. The molecular weight excluding hydrogens is 783 g/mol. The van der Waals surface area contributed by atoms with Crippen LogP contribution < -0.4 is 4.90 Å². The van der Waals surface area contributed by atoms with E-state index in [0.29, 0.717) is 16.8 Å². The number of rotatable bonds is 10. The highest BCUT2D eigenvalue weighted by Gasteiger charge is 2.20. The molecule has 0 amide bonds. The first-order chi connectivity index (χ1) is 33.5. The SMILES string of the molecule is [2H]c1c([2H])c(N(c2ccc(-c3cc(-c4ccccc4)cc(-c4ccccc4)c3)cc2)c2ccc(-c3ccc4ccccc4c3-c3ccccc3)cc2)c(-c2ccccc2)c([2H])c1-c1ccccc1. The molecule has 306 valence electrons. The molecule has 0 N–H and O–H groups in total. The van der Waals surface area contributed by atoms with E-state index in [4.69, 9.17) is 0 Å². The van der Waals surface area contributed by atoms with E-state index in [1.807, 2.05) is 72.8 Å². The number of hydrogen-bond donors (Lipinski definition) is 0. The van der Waals surface area contributed by atoms with Crippen molar-refractivity contribution in [2.45, 2.75) is 0 Å². The number of anilines is 3. The Hall–Kier alpha value is -8.52. The van der Waals surface area contributed by atoms with Crippen molar-refractivity contribution >= 4 is 27.8 Å². The topological polar surface area (TPSA) is 3.24 Å². The Morgan fingerprint density at radius 1 is 0.277 bits per heavy atom. The van der Waals surface area contributed by atoms with Crippen LogP contribution in [-0.2, 0) is 0 Å². The first kappa shape index (κ1) is 36.0. The van der Waals surface area contributed by atoms with Crippen molar-refractivity contribution in [3.05, 3.63) is 273 Å². The highest BCUT2D eigenvalue weighted by molar-refractivity contribution is 6.04. The van der Waals surface area contributed by atoms with Gasteiger partial charge in [0.05, 0.1) is 9.80 Å². The van der Waals surface area contributed by atoms with Crippen LogP contribution in [0.5, 0.6) is 0 Å². The maximum atomic E-state index is 9.95. The molecule has 0 aliphatic rings. The van der Waals surface area contributed by atoms with Gasteiger partial charge in [-0.2, -0.15) is 0 Å². The Bertz CT molecular complexity index is 3480. The number of hydrogen-bond acceptors (Lipinski definition) is 1. The molecule has 0 fully saturated rings. The standard InChI is InChI=1S/C64H45N/c1-6-18-46(19-7-1)54-35-41-63(62(45-54)50-24-12-4-13-25-50)65(59-38-32-52(33-39-59)61-40-34-51-26-16-17-29-60(51)64(61)53-27-14-5-15-28-53)58-36-30-49(31-37-58)57-43-55(47-20-8-2-9-21-47)42-56(44-57)48-22-10-3-11-23-48/h1-45H/i35D,41D,45D. The highest BCUT2D eigenvalue weighted by atomic mass is 15.1. The van der Waals surface area contributed by atoms with Gasteiger partial charge in [0.2, 0.25) is 0 Å². The summed E-state index contributed by atoms with van der Waals surface area (Å²) in [6, 6.07) is 88.0. The Balaban J connectivity index is 1.11. The maximum absolute atomic E-state index is 9.95. The van der Waals surface area contributed by atoms with Gasteiger partial charge in [0, 0.05) is 16.9 Å².